The molecular weight excluding hydrogens is 349 g/mol. The molecule has 0 aliphatic heterocycles. The van der Waals surface area contributed by atoms with Gasteiger partial charge in [-0.2, -0.15) is 0 Å². The molecule has 26 heavy (non-hydrogen) atoms. The van der Waals surface area contributed by atoms with Gasteiger partial charge in [-0.1, -0.05) is 29.8 Å². The van der Waals surface area contributed by atoms with E-state index in [9.17, 15) is 9.18 Å². The Labute approximate surface area is 153 Å². The topological polar surface area (TPSA) is 46.4 Å². The Morgan fingerprint density at radius 3 is 2.62 bits per heavy atom. The number of anilines is 1. The van der Waals surface area contributed by atoms with E-state index in [1.54, 1.807) is 12.1 Å². The molecule has 0 spiro atoms. The first-order valence-electron chi connectivity index (χ1n) is 8.17. The Balaban J connectivity index is 1.65. The van der Waals surface area contributed by atoms with Crippen LogP contribution >= 0.6 is 11.3 Å². The third kappa shape index (κ3) is 3.23. The number of nitrogens with one attached hydrogen (secondary N) is 1. The smallest absolute Gasteiger partial charge is 0.229 e. The van der Waals surface area contributed by atoms with Crippen molar-refractivity contribution in [2.45, 2.75) is 13.3 Å². The summed E-state index contributed by atoms with van der Waals surface area (Å²) in [7, 11) is 0. The summed E-state index contributed by atoms with van der Waals surface area (Å²) in [6.07, 6.45) is 2.14. The van der Waals surface area contributed by atoms with Crippen LogP contribution in [0.2, 0.25) is 0 Å². The van der Waals surface area contributed by atoms with Crippen molar-refractivity contribution in [2.75, 3.05) is 5.32 Å². The predicted molar refractivity (Wildman–Crippen MR) is 102 cm³/mol. The van der Waals surface area contributed by atoms with Crippen molar-refractivity contribution in [1.82, 2.24) is 9.38 Å². The van der Waals surface area contributed by atoms with Crippen molar-refractivity contribution in [3.05, 3.63) is 77.1 Å². The van der Waals surface area contributed by atoms with E-state index in [2.05, 4.69) is 10.3 Å². The minimum Gasteiger partial charge on any atom is -0.310 e. The van der Waals surface area contributed by atoms with Crippen LogP contribution in [0.4, 0.5) is 10.2 Å². The molecule has 2 aromatic carbocycles. The first kappa shape index (κ1) is 16.5. The molecule has 2 heterocycles. The highest BCUT2D eigenvalue weighted by molar-refractivity contribution is 7.15. The van der Waals surface area contributed by atoms with Crippen LogP contribution in [0, 0.1) is 12.7 Å². The zero-order valence-electron chi connectivity index (χ0n) is 14.1. The van der Waals surface area contributed by atoms with Gasteiger partial charge in [0.25, 0.3) is 0 Å². The van der Waals surface area contributed by atoms with Crippen LogP contribution in [0.3, 0.4) is 0 Å². The number of hydrogen-bond donors (Lipinski definition) is 1. The maximum atomic E-state index is 13.2. The van der Waals surface area contributed by atoms with E-state index in [0.29, 0.717) is 11.5 Å². The van der Waals surface area contributed by atoms with Gasteiger partial charge < -0.3 is 5.32 Å². The predicted octanol–water partition coefficient (Wildman–Crippen LogP) is 4.69. The number of imidazole rings is 1. The summed E-state index contributed by atoms with van der Waals surface area (Å²) in [6.45, 7) is 2.01. The number of benzene rings is 2. The summed E-state index contributed by atoms with van der Waals surface area (Å²) >= 11 is 1.48. The number of carbonyl (C=O) groups excluding carboxylic acids is 1. The van der Waals surface area contributed by atoms with E-state index >= 15 is 0 Å². The SMILES string of the molecule is Cc1ccc(CC(=O)Nc2c(-c3ccc(F)cc3)nc3sccn23)cc1. The fourth-order valence-electron chi connectivity index (χ4n) is 2.78. The van der Waals surface area contributed by atoms with E-state index in [-0.39, 0.29) is 18.1 Å². The fraction of sp³-hybridized carbons (Fsp3) is 0.100. The Morgan fingerprint density at radius 1 is 1.15 bits per heavy atom. The standard InChI is InChI=1S/C20H16FN3OS/c1-13-2-4-14(5-3-13)12-17(25)22-19-18(15-6-8-16(21)9-7-15)23-20-24(19)10-11-26-20/h2-11H,12H2,1H3,(H,22,25). The van der Waals surface area contributed by atoms with Gasteiger partial charge in [0, 0.05) is 17.1 Å². The molecule has 6 heteroatoms. The number of aromatic nitrogens is 2. The number of hydrogen-bond acceptors (Lipinski definition) is 3. The van der Waals surface area contributed by atoms with Gasteiger partial charge in [0.1, 0.15) is 17.3 Å². The Kier molecular flexibility index (Phi) is 4.26. The highest BCUT2D eigenvalue weighted by atomic mass is 32.1. The molecule has 2 aromatic heterocycles. The van der Waals surface area contributed by atoms with Crippen LogP contribution in [0.15, 0.2) is 60.1 Å². The molecule has 0 saturated heterocycles. The van der Waals surface area contributed by atoms with Gasteiger partial charge in [0.05, 0.1) is 6.42 Å². The average molecular weight is 365 g/mol. The van der Waals surface area contributed by atoms with Crippen molar-refractivity contribution in [3.63, 3.8) is 0 Å². The van der Waals surface area contributed by atoms with E-state index in [0.717, 1.165) is 21.7 Å². The Morgan fingerprint density at radius 2 is 1.88 bits per heavy atom. The molecular formula is C20H16FN3OS. The lowest BCUT2D eigenvalue weighted by molar-refractivity contribution is -0.115. The molecule has 0 radical (unpaired) electrons. The van der Waals surface area contributed by atoms with Gasteiger partial charge in [0.2, 0.25) is 5.91 Å². The second-order valence-electron chi connectivity index (χ2n) is 6.08. The molecule has 1 amide bonds. The summed E-state index contributed by atoms with van der Waals surface area (Å²) < 4.78 is 15.1. The van der Waals surface area contributed by atoms with Gasteiger partial charge >= 0.3 is 0 Å². The average Bonchev–Trinajstić information content (AvgIpc) is 3.21. The van der Waals surface area contributed by atoms with Crippen LogP contribution in [-0.4, -0.2) is 15.3 Å². The van der Waals surface area contributed by atoms with Gasteiger partial charge in [-0.25, -0.2) is 9.37 Å². The van der Waals surface area contributed by atoms with Crippen molar-refractivity contribution >= 4 is 28.0 Å². The van der Waals surface area contributed by atoms with Crippen LogP contribution in [0.1, 0.15) is 11.1 Å². The number of rotatable bonds is 4. The largest absolute Gasteiger partial charge is 0.310 e. The molecule has 0 atom stereocenters. The highest BCUT2D eigenvalue weighted by Gasteiger charge is 2.17. The Bertz CT molecular complexity index is 1060. The van der Waals surface area contributed by atoms with Gasteiger partial charge in [-0.3, -0.25) is 9.20 Å². The molecule has 4 nitrogen and oxygen atoms in total. The summed E-state index contributed by atoms with van der Waals surface area (Å²) in [6, 6.07) is 14.0. The highest BCUT2D eigenvalue weighted by Crippen LogP contribution is 2.31. The molecule has 130 valence electrons. The molecule has 0 bridgehead atoms. The normalized spacial score (nSPS) is 11.0. The molecule has 4 rings (SSSR count). The molecule has 0 unspecified atom stereocenters. The third-order valence-corrected chi connectivity index (χ3v) is 4.88. The lowest BCUT2D eigenvalue weighted by Gasteiger charge is -2.08. The zero-order chi connectivity index (χ0) is 18.1. The molecule has 0 saturated carbocycles. The summed E-state index contributed by atoms with van der Waals surface area (Å²) in [5.74, 6) is 0.176. The fourth-order valence-corrected chi connectivity index (χ4v) is 3.50. The van der Waals surface area contributed by atoms with Crippen molar-refractivity contribution < 1.29 is 9.18 Å². The lowest BCUT2D eigenvalue weighted by Crippen LogP contribution is -2.16. The minimum atomic E-state index is -0.306. The number of thiazole rings is 1. The van der Waals surface area contributed by atoms with Crippen LogP contribution in [-0.2, 0) is 11.2 Å². The molecule has 1 N–H and O–H groups in total. The summed E-state index contributed by atoms with van der Waals surface area (Å²) in [5.41, 5.74) is 3.49. The maximum absolute atomic E-state index is 13.2. The second kappa shape index (κ2) is 6.72. The number of halogens is 1. The van der Waals surface area contributed by atoms with Crippen molar-refractivity contribution in [3.8, 4) is 11.3 Å². The summed E-state index contributed by atoms with van der Waals surface area (Å²) in [5, 5.41) is 4.88. The number of carbonyl (C=O) groups is 1. The van der Waals surface area contributed by atoms with Crippen molar-refractivity contribution in [2.24, 2.45) is 0 Å². The van der Waals surface area contributed by atoms with Gasteiger partial charge in [0.15, 0.2) is 4.96 Å². The summed E-state index contributed by atoms with van der Waals surface area (Å²) in [4.78, 5) is 17.9. The Hall–Kier alpha value is -2.99. The monoisotopic (exact) mass is 365 g/mol. The quantitative estimate of drug-likeness (QED) is 0.570. The van der Waals surface area contributed by atoms with Crippen LogP contribution in [0.25, 0.3) is 16.2 Å². The molecule has 0 fully saturated rings. The molecule has 0 aliphatic rings. The number of amides is 1. The van der Waals surface area contributed by atoms with Crippen LogP contribution < -0.4 is 5.32 Å². The maximum Gasteiger partial charge on any atom is 0.229 e. The second-order valence-corrected chi connectivity index (χ2v) is 6.96. The first-order valence-corrected chi connectivity index (χ1v) is 9.05. The van der Waals surface area contributed by atoms with E-state index < -0.39 is 0 Å². The first-order chi connectivity index (χ1) is 12.6. The number of aryl methyl sites for hydroxylation is 1. The van der Waals surface area contributed by atoms with E-state index in [1.807, 2.05) is 47.2 Å². The van der Waals surface area contributed by atoms with Crippen LogP contribution in [0.5, 0.6) is 0 Å². The number of fused-ring (bicyclic) bond motifs is 1. The molecule has 4 aromatic rings. The minimum absolute atomic E-state index is 0.120. The number of nitrogens with zero attached hydrogens (tertiary/aromatic N) is 2. The van der Waals surface area contributed by atoms with Gasteiger partial charge in [-0.05, 0) is 36.8 Å². The van der Waals surface area contributed by atoms with E-state index in [4.69, 9.17) is 0 Å². The third-order valence-electron chi connectivity index (χ3n) is 4.12. The van der Waals surface area contributed by atoms with Gasteiger partial charge in [-0.15, -0.1) is 11.3 Å². The lowest BCUT2D eigenvalue weighted by atomic mass is 10.1. The zero-order valence-corrected chi connectivity index (χ0v) is 14.9. The molecule has 0 aliphatic carbocycles. The van der Waals surface area contributed by atoms with E-state index in [1.165, 1.54) is 23.5 Å². The van der Waals surface area contributed by atoms with Crippen molar-refractivity contribution in [1.29, 1.82) is 0 Å².